The standard InChI is InChI=1S/C3H7NO2S.ClH.H2O/c1-3(4,7)2(5)6;;/h7H,4H2,1H3,(H,5,6);1H;1H2/t3-;;/m1../s1. The van der Waals surface area contributed by atoms with Crippen molar-refractivity contribution in [3.63, 3.8) is 0 Å². The Morgan fingerprint density at radius 2 is 1.89 bits per heavy atom. The monoisotopic (exact) mass is 175 g/mol. The van der Waals surface area contributed by atoms with Crippen molar-refractivity contribution in [1.82, 2.24) is 0 Å². The normalized spacial score (nSPS) is 14.1. The van der Waals surface area contributed by atoms with Gasteiger partial charge in [-0.1, -0.05) is 0 Å². The Morgan fingerprint density at radius 3 is 1.89 bits per heavy atom. The van der Waals surface area contributed by atoms with Crippen LogP contribution in [-0.2, 0) is 4.79 Å². The molecule has 0 aromatic heterocycles. The molecule has 58 valence electrons. The molecule has 0 aromatic carbocycles. The molecule has 0 aliphatic heterocycles. The van der Waals surface area contributed by atoms with E-state index in [2.05, 4.69) is 12.6 Å². The fourth-order valence-electron chi connectivity index (χ4n) is 0. The summed E-state index contributed by atoms with van der Waals surface area (Å²) in [4.78, 5) is 8.43. The maximum atomic E-state index is 9.82. The molecule has 0 heterocycles. The number of aliphatic carboxylic acids is 1. The molecular formula is C3H10ClNO3S. The van der Waals surface area contributed by atoms with E-state index in [1.54, 1.807) is 0 Å². The average Bonchev–Trinajstić information content (AvgIpc) is 1.31. The predicted molar refractivity (Wildman–Crippen MR) is 40.1 cm³/mol. The molecule has 4 nitrogen and oxygen atoms in total. The first kappa shape index (κ1) is 16.0. The van der Waals surface area contributed by atoms with Crippen LogP contribution in [-0.4, -0.2) is 21.4 Å². The first-order chi connectivity index (χ1) is 2.94. The van der Waals surface area contributed by atoms with Crippen LogP contribution in [0.5, 0.6) is 0 Å². The van der Waals surface area contributed by atoms with Crippen LogP contribution in [0.3, 0.4) is 0 Å². The van der Waals surface area contributed by atoms with Crippen LogP contribution >= 0.6 is 25.0 Å². The molecule has 0 unspecified atom stereocenters. The summed E-state index contributed by atoms with van der Waals surface area (Å²) >= 11 is 3.53. The lowest BCUT2D eigenvalue weighted by Crippen LogP contribution is -2.38. The maximum Gasteiger partial charge on any atom is 0.333 e. The quantitative estimate of drug-likeness (QED) is 0.362. The van der Waals surface area contributed by atoms with Crippen LogP contribution in [0.1, 0.15) is 6.92 Å². The van der Waals surface area contributed by atoms with Crippen molar-refractivity contribution in [1.29, 1.82) is 0 Å². The molecule has 0 saturated carbocycles. The molecular weight excluding hydrogens is 166 g/mol. The lowest BCUT2D eigenvalue weighted by Gasteiger charge is -2.08. The first-order valence-corrected chi connectivity index (χ1v) is 2.14. The molecule has 0 fully saturated rings. The fourth-order valence-corrected chi connectivity index (χ4v) is 0. The van der Waals surface area contributed by atoms with Crippen molar-refractivity contribution in [2.45, 2.75) is 11.8 Å². The van der Waals surface area contributed by atoms with Gasteiger partial charge in [-0.15, -0.1) is 25.0 Å². The summed E-state index contributed by atoms with van der Waals surface area (Å²) in [6.07, 6.45) is 0. The molecule has 6 heteroatoms. The van der Waals surface area contributed by atoms with Crippen molar-refractivity contribution in [3.05, 3.63) is 0 Å². The van der Waals surface area contributed by atoms with Gasteiger partial charge in [0.1, 0.15) is 0 Å². The molecule has 0 rings (SSSR count). The number of carbonyl (C=O) groups is 1. The van der Waals surface area contributed by atoms with E-state index in [9.17, 15) is 4.79 Å². The van der Waals surface area contributed by atoms with Crippen molar-refractivity contribution >= 4 is 31.0 Å². The van der Waals surface area contributed by atoms with Gasteiger partial charge in [0.15, 0.2) is 4.87 Å². The SMILES string of the molecule is C[C@@](N)(S)C(=O)O.Cl.O. The van der Waals surface area contributed by atoms with Gasteiger partial charge < -0.3 is 16.3 Å². The van der Waals surface area contributed by atoms with Gasteiger partial charge in [0, 0.05) is 0 Å². The maximum absolute atomic E-state index is 9.82. The highest BCUT2D eigenvalue weighted by Crippen LogP contribution is 2.01. The highest BCUT2D eigenvalue weighted by molar-refractivity contribution is 7.82. The lowest BCUT2D eigenvalue weighted by atomic mass is 10.4. The molecule has 0 aliphatic carbocycles. The summed E-state index contributed by atoms with van der Waals surface area (Å²) in [6, 6.07) is 0. The van der Waals surface area contributed by atoms with E-state index >= 15 is 0 Å². The van der Waals surface area contributed by atoms with E-state index in [1.807, 2.05) is 0 Å². The fraction of sp³-hybridized carbons (Fsp3) is 0.667. The number of hydrogen-bond donors (Lipinski definition) is 3. The number of rotatable bonds is 1. The minimum atomic E-state index is -1.39. The van der Waals surface area contributed by atoms with Gasteiger partial charge in [-0.3, -0.25) is 0 Å². The highest BCUT2D eigenvalue weighted by atomic mass is 35.5. The van der Waals surface area contributed by atoms with Crippen LogP contribution in [0.25, 0.3) is 0 Å². The number of nitrogens with two attached hydrogens (primary N) is 1. The summed E-state index contributed by atoms with van der Waals surface area (Å²) in [5, 5.41) is 8.05. The Morgan fingerprint density at radius 1 is 1.78 bits per heavy atom. The third kappa shape index (κ3) is 8.03. The summed E-state index contributed by atoms with van der Waals surface area (Å²) < 4.78 is 0. The molecule has 0 radical (unpaired) electrons. The van der Waals surface area contributed by atoms with Gasteiger partial charge in [-0.05, 0) is 6.92 Å². The molecule has 5 N–H and O–H groups in total. The van der Waals surface area contributed by atoms with E-state index in [0.29, 0.717) is 0 Å². The molecule has 0 spiro atoms. The highest BCUT2D eigenvalue weighted by Gasteiger charge is 2.20. The molecule has 0 bridgehead atoms. The Kier molecular flexibility index (Phi) is 8.66. The van der Waals surface area contributed by atoms with Crippen molar-refractivity contribution in [2.24, 2.45) is 5.73 Å². The van der Waals surface area contributed by atoms with Gasteiger partial charge in [0.2, 0.25) is 0 Å². The zero-order valence-corrected chi connectivity index (χ0v) is 6.50. The lowest BCUT2D eigenvalue weighted by molar-refractivity contribution is -0.139. The molecule has 9 heavy (non-hydrogen) atoms. The summed E-state index contributed by atoms with van der Waals surface area (Å²) in [5.74, 6) is -1.11. The van der Waals surface area contributed by atoms with E-state index < -0.39 is 10.8 Å². The average molecular weight is 176 g/mol. The topological polar surface area (TPSA) is 94.8 Å². The van der Waals surface area contributed by atoms with Crippen molar-refractivity contribution < 1.29 is 15.4 Å². The van der Waals surface area contributed by atoms with Crippen LogP contribution in [0, 0.1) is 0 Å². The van der Waals surface area contributed by atoms with E-state index in [4.69, 9.17) is 10.8 Å². The molecule has 1 atom stereocenters. The van der Waals surface area contributed by atoms with Crippen LogP contribution in [0.2, 0.25) is 0 Å². The molecule has 0 aromatic rings. The number of halogens is 1. The van der Waals surface area contributed by atoms with Crippen molar-refractivity contribution in [3.8, 4) is 0 Å². The predicted octanol–water partition coefficient (Wildman–Crippen LogP) is -0.727. The number of hydrogen-bond acceptors (Lipinski definition) is 3. The number of carboxylic acids is 1. The Bertz CT molecular complexity index is 91.5. The summed E-state index contributed by atoms with van der Waals surface area (Å²) in [7, 11) is 0. The third-order valence-electron chi connectivity index (χ3n) is 0.433. The Balaban J connectivity index is -0.000000180. The summed E-state index contributed by atoms with van der Waals surface area (Å²) in [6.45, 7) is 1.30. The van der Waals surface area contributed by atoms with Gasteiger partial charge in [0.25, 0.3) is 0 Å². The minimum absolute atomic E-state index is 0. The van der Waals surface area contributed by atoms with E-state index in [-0.39, 0.29) is 17.9 Å². The zero-order valence-electron chi connectivity index (χ0n) is 4.79. The second-order valence-corrected chi connectivity index (χ2v) is 2.38. The Labute approximate surface area is 64.6 Å². The van der Waals surface area contributed by atoms with E-state index in [0.717, 1.165) is 0 Å². The van der Waals surface area contributed by atoms with Gasteiger partial charge in [0.05, 0.1) is 0 Å². The number of carboxylic acid groups (broad SMARTS) is 1. The summed E-state index contributed by atoms with van der Waals surface area (Å²) in [5.41, 5.74) is 4.94. The zero-order chi connectivity index (χ0) is 6.08. The molecule has 0 aliphatic rings. The smallest absolute Gasteiger partial charge is 0.333 e. The Hall–Kier alpha value is 0.0300. The van der Waals surface area contributed by atoms with Crippen LogP contribution in [0.4, 0.5) is 0 Å². The van der Waals surface area contributed by atoms with Crippen LogP contribution in [0.15, 0.2) is 0 Å². The van der Waals surface area contributed by atoms with E-state index in [1.165, 1.54) is 6.92 Å². The minimum Gasteiger partial charge on any atom is -0.479 e. The second kappa shape index (κ2) is 4.87. The first-order valence-electron chi connectivity index (χ1n) is 1.69. The van der Waals surface area contributed by atoms with Gasteiger partial charge >= 0.3 is 5.97 Å². The second-order valence-electron chi connectivity index (χ2n) is 1.45. The van der Waals surface area contributed by atoms with Crippen molar-refractivity contribution in [2.75, 3.05) is 0 Å². The number of thiol groups is 1. The molecule has 0 saturated heterocycles. The van der Waals surface area contributed by atoms with Crippen LogP contribution < -0.4 is 5.73 Å². The van der Waals surface area contributed by atoms with Gasteiger partial charge in [-0.2, -0.15) is 0 Å². The third-order valence-corrected chi connectivity index (χ3v) is 0.624. The molecule has 0 amide bonds. The van der Waals surface area contributed by atoms with Gasteiger partial charge in [-0.25, -0.2) is 4.79 Å². The largest absolute Gasteiger partial charge is 0.479 e.